The van der Waals surface area contributed by atoms with Crippen LogP contribution in [0.1, 0.15) is 75.8 Å². The van der Waals surface area contributed by atoms with E-state index in [4.69, 9.17) is 9.47 Å². The molecular formula is C32H43N3O6. The molecule has 1 aliphatic rings. The van der Waals surface area contributed by atoms with E-state index >= 15 is 0 Å². The molecule has 0 spiro atoms. The van der Waals surface area contributed by atoms with Gasteiger partial charge in [-0.25, -0.2) is 0 Å². The van der Waals surface area contributed by atoms with Crippen molar-refractivity contribution in [2.45, 2.75) is 77.6 Å². The predicted molar refractivity (Wildman–Crippen MR) is 156 cm³/mol. The molecule has 0 aliphatic carbocycles. The molecule has 41 heavy (non-hydrogen) atoms. The standard InChI is InChI=1S/C32H43N3O6/c1-20(2)16-26(29(37)32(5)19-41-32)35-31(39)27(17-21(3)4)33-28(36)18-25(22-10-8-7-9-11-22)34-30(38)23-12-14-24(40-6)15-13-23/h7-15,20-21,25-27H,16-19H2,1-6H3,(H,33,36)(H,34,38)(H,35,39)/t25?,26-,27-,32+/m0/s1. The number of Topliss-reactive ketones (excluding diaryl/α,β-unsaturated/α-hetero) is 1. The first-order valence-corrected chi connectivity index (χ1v) is 14.2. The number of carbonyl (C=O) groups is 4. The van der Waals surface area contributed by atoms with Crippen LogP contribution < -0.4 is 20.7 Å². The molecule has 1 unspecified atom stereocenters. The van der Waals surface area contributed by atoms with E-state index in [0.717, 1.165) is 5.56 Å². The third kappa shape index (κ3) is 9.42. The number of carbonyl (C=O) groups excluding carboxylic acids is 4. The summed E-state index contributed by atoms with van der Waals surface area (Å²) in [6.45, 7) is 9.96. The molecule has 9 heteroatoms. The monoisotopic (exact) mass is 565 g/mol. The fourth-order valence-corrected chi connectivity index (χ4v) is 4.66. The highest BCUT2D eigenvalue weighted by molar-refractivity contribution is 5.98. The molecule has 4 atom stereocenters. The van der Waals surface area contributed by atoms with Crippen LogP contribution in [0.2, 0.25) is 0 Å². The van der Waals surface area contributed by atoms with Crippen molar-refractivity contribution in [3.8, 4) is 5.75 Å². The van der Waals surface area contributed by atoms with Gasteiger partial charge in [0.1, 0.15) is 17.4 Å². The molecule has 2 aromatic rings. The maximum atomic E-state index is 13.4. The Kier molecular flexibility index (Phi) is 11.1. The Morgan fingerprint density at radius 1 is 0.854 bits per heavy atom. The highest BCUT2D eigenvalue weighted by atomic mass is 16.6. The zero-order valence-electron chi connectivity index (χ0n) is 24.9. The normalized spacial score (nSPS) is 18.2. The molecule has 0 aromatic heterocycles. The SMILES string of the molecule is COc1ccc(C(=O)NC(CC(=O)N[C@@H](CC(C)C)C(=O)N[C@@H](CC(C)C)C(=O)[C@@]2(C)CO2)c2ccccc2)cc1. The number of rotatable bonds is 15. The Morgan fingerprint density at radius 2 is 1.44 bits per heavy atom. The molecule has 3 rings (SSSR count). The van der Waals surface area contributed by atoms with Crippen molar-refractivity contribution in [2.24, 2.45) is 11.8 Å². The first-order valence-electron chi connectivity index (χ1n) is 14.2. The van der Waals surface area contributed by atoms with E-state index < -0.39 is 29.6 Å². The quantitative estimate of drug-likeness (QED) is 0.281. The zero-order chi connectivity index (χ0) is 30.2. The highest BCUT2D eigenvalue weighted by Crippen LogP contribution is 2.30. The Labute approximate surface area is 242 Å². The van der Waals surface area contributed by atoms with Gasteiger partial charge in [-0.05, 0) is 61.4 Å². The van der Waals surface area contributed by atoms with Gasteiger partial charge in [-0.15, -0.1) is 0 Å². The van der Waals surface area contributed by atoms with Gasteiger partial charge in [-0.1, -0.05) is 58.0 Å². The second-order valence-corrected chi connectivity index (χ2v) is 11.7. The van der Waals surface area contributed by atoms with Gasteiger partial charge in [-0.3, -0.25) is 19.2 Å². The predicted octanol–water partition coefficient (Wildman–Crippen LogP) is 3.98. The van der Waals surface area contributed by atoms with E-state index in [0.29, 0.717) is 30.8 Å². The number of amides is 3. The minimum absolute atomic E-state index is 0.0753. The molecule has 1 fully saturated rings. The number of nitrogens with one attached hydrogen (secondary N) is 3. The molecule has 0 saturated carbocycles. The Morgan fingerprint density at radius 3 is 1.98 bits per heavy atom. The fraction of sp³-hybridized carbons (Fsp3) is 0.500. The van der Waals surface area contributed by atoms with Crippen LogP contribution >= 0.6 is 0 Å². The molecule has 1 heterocycles. The molecule has 9 nitrogen and oxygen atoms in total. The van der Waals surface area contributed by atoms with Crippen molar-refractivity contribution in [3.63, 3.8) is 0 Å². The molecule has 0 bridgehead atoms. The number of ether oxygens (including phenoxy) is 2. The van der Waals surface area contributed by atoms with Crippen LogP contribution in [0.3, 0.4) is 0 Å². The van der Waals surface area contributed by atoms with Crippen molar-refractivity contribution >= 4 is 23.5 Å². The minimum atomic E-state index is -0.866. The highest BCUT2D eigenvalue weighted by Gasteiger charge is 2.50. The Hall–Kier alpha value is -3.72. The van der Waals surface area contributed by atoms with Gasteiger partial charge in [-0.2, -0.15) is 0 Å². The summed E-state index contributed by atoms with van der Waals surface area (Å²) in [4.78, 5) is 52.9. The van der Waals surface area contributed by atoms with Gasteiger partial charge < -0.3 is 25.4 Å². The molecule has 3 amide bonds. The number of epoxide rings is 1. The van der Waals surface area contributed by atoms with Gasteiger partial charge in [0.05, 0.1) is 32.2 Å². The van der Waals surface area contributed by atoms with Crippen LogP contribution in [0, 0.1) is 11.8 Å². The summed E-state index contributed by atoms with van der Waals surface area (Å²) in [6, 6.07) is 13.7. The van der Waals surface area contributed by atoms with Crippen LogP contribution in [-0.2, 0) is 19.1 Å². The Balaban J connectivity index is 1.73. The molecule has 1 aliphatic heterocycles. The number of ketones is 1. The average Bonchev–Trinajstić information content (AvgIpc) is 3.69. The summed E-state index contributed by atoms with van der Waals surface area (Å²) < 4.78 is 10.5. The van der Waals surface area contributed by atoms with Crippen molar-refractivity contribution < 1.29 is 28.7 Å². The van der Waals surface area contributed by atoms with E-state index in [1.54, 1.807) is 38.3 Å². The van der Waals surface area contributed by atoms with E-state index in [9.17, 15) is 19.2 Å². The van der Waals surface area contributed by atoms with Crippen LogP contribution in [-0.4, -0.2) is 54.9 Å². The molecule has 1 saturated heterocycles. The van der Waals surface area contributed by atoms with Gasteiger partial charge in [0.15, 0.2) is 5.78 Å². The van der Waals surface area contributed by atoms with Gasteiger partial charge >= 0.3 is 0 Å². The lowest BCUT2D eigenvalue weighted by Crippen LogP contribution is -2.54. The molecule has 222 valence electrons. The number of methoxy groups -OCH3 is 1. The summed E-state index contributed by atoms with van der Waals surface area (Å²) in [7, 11) is 1.55. The molecule has 0 radical (unpaired) electrons. The largest absolute Gasteiger partial charge is 0.497 e. The van der Waals surface area contributed by atoms with Crippen molar-refractivity contribution in [1.29, 1.82) is 0 Å². The lowest BCUT2D eigenvalue weighted by atomic mass is 9.92. The zero-order valence-corrected chi connectivity index (χ0v) is 24.9. The van der Waals surface area contributed by atoms with Gasteiger partial charge in [0.2, 0.25) is 11.8 Å². The number of hydrogen-bond acceptors (Lipinski definition) is 6. The van der Waals surface area contributed by atoms with Crippen LogP contribution in [0.5, 0.6) is 5.75 Å². The van der Waals surface area contributed by atoms with Crippen LogP contribution in [0.25, 0.3) is 0 Å². The second-order valence-electron chi connectivity index (χ2n) is 11.7. The summed E-state index contributed by atoms with van der Waals surface area (Å²) in [5.74, 6) is -0.380. The van der Waals surface area contributed by atoms with E-state index in [1.807, 2.05) is 58.0 Å². The summed E-state index contributed by atoms with van der Waals surface area (Å²) in [5, 5.41) is 8.71. The number of hydrogen-bond donors (Lipinski definition) is 3. The minimum Gasteiger partial charge on any atom is -0.497 e. The second kappa shape index (κ2) is 14.3. The Bertz CT molecular complexity index is 1190. The third-order valence-electron chi connectivity index (χ3n) is 7.05. The maximum Gasteiger partial charge on any atom is 0.251 e. The topological polar surface area (TPSA) is 126 Å². The lowest BCUT2D eigenvalue weighted by molar-refractivity contribution is -0.133. The van der Waals surface area contributed by atoms with Crippen LogP contribution in [0.15, 0.2) is 54.6 Å². The summed E-state index contributed by atoms with van der Waals surface area (Å²) in [6.07, 6.45) is 0.787. The molecule has 3 N–H and O–H groups in total. The summed E-state index contributed by atoms with van der Waals surface area (Å²) in [5.41, 5.74) is 0.322. The number of benzene rings is 2. The average molecular weight is 566 g/mol. The van der Waals surface area contributed by atoms with Crippen molar-refractivity contribution in [2.75, 3.05) is 13.7 Å². The van der Waals surface area contributed by atoms with Gasteiger partial charge in [0, 0.05) is 5.56 Å². The molecular weight excluding hydrogens is 522 g/mol. The van der Waals surface area contributed by atoms with Crippen molar-refractivity contribution in [1.82, 2.24) is 16.0 Å². The summed E-state index contributed by atoms with van der Waals surface area (Å²) >= 11 is 0. The van der Waals surface area contributed by atoms with Crippen molar-refractivity contribution in [3.05, 3.63) is 65.7 Å². The smallest absolute Gasteiger partial charge is 0.251 e. The van der Waals surface area contributed by atoms with E-state index in [1.165, 1.54) is 0 Å². The maximum absolute atomic E-state index is 13.4. The first-order chi connectivity index (χ1) is 19.4. The first kappa shape index (κ1) is 31.8. The van der Waals surface area contributed by atoms with Gasteiger partial charge in [0.25, 0.3) is 5.91 Å². The lowest BCUT2D eigenvalue weighted by Gasteiger charge is -2.26. The third-order valence-corrected chi connectivity index (χ3v) is 7.05. The van der Waals surface area contributed by atoms with E-state index in [2.05, 4.69) is 16.0 Å². The van der Waals surface area contributed by atoms with E-state index in [-0.39, 0.29) is 35.9 Å². The molecule has 2 aromatic carbocycles. The fourth-order valence-electron chi connectivity index (χ4n) is 4.66. The van der Waals surface area contributed by atoms with Crippen LogP contribution in [0.4, 0.5) is 0 Å².